The molecule has 3 rings (SSSR count). The number of aromatic amines is 1. The molecule has 0 atom stereocenters. The van der Waals surface area contributed by atoms with Gasteiger partial charge in [-0.2, -0.15) is 5.10 Å². The zero-order valence-electron chi connectivity index (χ0n) is 17.9. The summed E-state index contributed by atoms with van der Waals surface area (Å²) in [7, 11) is 7.30. The lowest BCUT2D eigenvalue weighted by Crippen LogP contribution is -2.13. The molecule has 0 aliphatic heterocycles. The molecule has 0 aliphatic rings. The molecule has 0 bridgehead atoms. The Kier molecular flexibility index (Phi) is 7.08. The van der Waals surface area contributed by atoms with E-state index < -0.39 is 0 Å². The number of nitrogens with one attached hydrogen (secondary N) is 2. The number of H-pyrrole nitrogens is 1. The number of nitrogens with zero attached hydrogens (tertiary/aromatic N) is 2. The Morgan fingerprint density at radius 3 is 2.23 bits per heavy atom. The van der Waals surface area contributed by atoms with Crippen LogP contribution in [0.25, 0.3) is 0 Å². The van der Waals surface area contributed by atoms with Crippen LogP contribution < -0.4 is 14.8 Å². The number of aryl methyl sites for hydroxylation is 2. The first-order valence-corrected chi connectivity index (χ1v) is 9.78. The fourth-order valence-corrected chi connectivity index (χ4v) is 3.16. The second-order valence-corrected chi connectivity index (χ2v) is 7.39. The van der Waals surface area contributed by atoms with Crippen LogP contribution >= 0.6 is 0 Å². The second kappa shape index (κ2) is 9.93. The summed E-state index contributed by atoms with van der Waals surface area (Å²) in [6, 6.07) is 15.3. The van der Waals surface area contributed by atoms with E-state index in [4.69, 9.17) is 9.47 Å². The van der Waals surface area contributed by atoms with E-state index in [-0.39, 0.29) is 5.91 Å². The minimum Gasteiger partial charge on any atom is -0.497 e. The van der Waals surface area contributed by atoms with Crippen molar-refractivity contribution in [3.8, 4) is 11.5 Å². The number of methoxy groups -OCH3 is 2. The molecule has 0 saturated carbocycles. The summed E-state index contributed by atoms with van der Waals surface area (Å²) < 4.78 is 10.6. The number of hydrogen-bond donors (Lipinski definition) is 2. The highest BCUT2D eigenvalue weighted by molar-refractivity contribution is 6.03. The predicted octanol–water partition coefficient (Wildman–Crippen LogP) is 3.53. The summed E-state index contributed by atoms with van der Waals surface area (Å²) in [6.45, 7) is 0.837. The summed E-state index contributed by atoms with van der Waals surface area (Å²) in [5, 5.41) is 10.0. The largest absolute Gasteiger partial charge is 0.497 e. The molecule has 0 saturated heterocycles. The van der Waals surface area contributed by atoms with E-state index in [0.717, 1.165) is 47.7 Å². The van der Waals surface area contributed by atoms with Crippen LogP contribution in [0.1, 0.15) is 27.2 Å². The van der Waals surface area contributed by atoms with Gasteiger partial charge in [-0.3, -0.25) is 9.89 Å². The first kappa shape index (κ1) is 21.4. The molecule has 30 heavy (non-hydrogen) atoms. The molecule has 1 aromatic heterocycles. The van der Waals surface area contributed by atoms with Gasteiger partial charge >= 0.3 is 0 Å². The van der Waals surface area contributed by atoms with Crippen molar-refractivity contribution in [3.63, 3.8) is 0 Å². The number of hydrogen-bond acceptors (Lipinski definition) is 5. The minimum atomic E-state index is -0.179. The van der Waals surface area contributed by atoms with E-state index in [1.165, 1.54) is 0 Å². The van der Waals surface area contributed by atoms with Gasteiger partial charge in [0.15, 0.2) is 5.82 Å². The fraction of sp³-hybridized carbons (Fsp3) is 0.304. The molecule has 0 fully saturated rings. The van der Waals surface area contributed by atoms with E-state index in [9.17, 15) is 4.79 Å². The fourth-order valence-electron chi connectivity index (χ4n) is 3.16. The highest BCUT2D eigenvalue weighted by Gasteiger charge is 2.10. The number of amides is 1. The highest BCUT2D eigenvalue weighted by atomic mass is 16.5. The zero-order chi connectivity index (χ0) is 21.5. The molecule has 0 unspecified atom stereocenters. The number of aromatic nitrogens is 2. The number of benzene rings is 2. The Morgan fingerprint density at radius 1 is 0.967 bits per heavy atom. The number of anilines is 1. The Balaban J connectivity index is 1.58. The normalized spacial score (nSPS) is 10.8. The number of carbonyl (C=O) groups excluding carboxylic acids is 1. The van der Waals surface area contributed by atoms with Crippen molar-refractivity contribution in [1.82, 2.24) is 15.1 Å². The quantitative estimate of drug-likeness (QED) is 0.566. The van der Waals surface area contributed by atoms with Gasteiger partial charge in [0.25, 0.3) is 5.91 Å². The maximum absolute atomic E-state index is 12.5. The maximum atomic E-state index is 12.5. The Hall–Kier alpha value is -3.32. The van der Waals surface area contributed by atoms with Gasteiger partial charge in [0, 0.05) is 29.9 Å². The van der Waals surface area contributed by atoms with Crippen LogP contribution in [0.3, 0.4) is 0 Å². The van der Waals surface area contributed by atoms with Crippen molar-refractivity contribution >= 4 is 11.7 Å². The van der Waals surface area contributed by atoms with Gasteiger partial charge < -0.3 is 19.7 Å². The van der Waals surface area contributed by atoms with Crippen molar-refractivity contribution in [1.29, 1.82) is 0 Å². The molecule has 2 N–H and O–H groups in total. The molecule has 1 amide bonds. The van der Waals surface area contributed by atoms with Gasteiger partial charge in [0.1, 0.15) is 11.5 Å². The van der Waals surface area contributed by atoms with E-state index in [1.54, 1.807) is 14.2 Å². The Labute approximate surface area is 177 Å². The van der Waals surface area contributed by atoms with E-state index in [2.05, 4.69) is 20.4 Å². The minimum absolute atomic E-state index is 0.179. The predicted molar refractivity (Wildman–Crippen MR) is 117 cm³/mol. The second-order valence-electron chi connectivity index (χ2n) is 7.39. The van der Waals surface area contributed by atoms with E-state index in [1.807, 2.05) is 62.6 Å². The average Bonchev–Trinajstić information content (AvgIpc) is 3.19. The van der Waals surface area contributed by atoms with Crippen molar-refractivity contribution in [2.75, 3.05) is 33.6 Å². The van der Waals surface area contributed by atoms with Crippen molar-refractivity contribution in [2.45, 2.75) is 19.4 Å². The van der Waals surface area contributed by atoms with Crippen LogP contribution in [-0.4, -0.2) is 49.3 Å². The molecule has 2 aromatic carbocycles. The van der Waals surface area contributed by atoms with Crippen LogP contribution in [-0.2, 0) is 19.4 Å². The molecule has 1 heterocycles. The zero-order valence-corrected chi connectivity index (χ0v) is 17.9. The van der Waals surface area contributed by atoms with E-state index in [0.29, 0.717) is 11.4 Å². The summed E-state index contributed by atoms with van der Waals surface area (Å²) in [5.74, 6) is 1.86. The summed E-state index contributed by atoms with van der Waals surface area (Å²) in [4.78, 5) is 14.6. The standard InChI is InChI=1S/C23H28N4O3/c1-27(2)15-16-5-8-18(9-6-16)23(28)24-22-13-19(25-26-22)10-7-17-11-20(29-3)14-21(12-17)30-4/h5-6,8-9,11-14H,7,10,15H2,1-4H3,(H2,24,25,26,28). The molecule has 7 heteroatoms. The van der Waals surface area contributed by atoms with Crippen molar-refractivity contribution in [3.05, 3.63) is 70.9 Å². The number of rotatable bonds is 9. The van der Waals surface area contributed by atoms with Gasteiger partial charge in [0.05, 0.1) is 14.2 Å². The molecular weight excluding hydrogens is 380 g/mol. The van der Waals surface area contributed by atoms with E-state index >= 15 is 0 Å². The third-order valence-corrected chi connectivity index (χ3v) is 4.68. The van der Waals surface area contributed by atoms with Crippen LogP contribution in [0.5, 0.6) is 11.5 Å². The van der Waals surface area contributed by atoms with Gasteiger partial charge in [-0.05, 0) is 62.3 Å². The molecular formula is C23H28N4O3. The van der Waals surface area contributed by atoms with Crippen LogP contribution in [0.2, 0.25) is 0 Å². The first-order valence-electron chi connectivity index (χ1n) is 9.78. The molecule has 0 radical (unpaired) electrons. The summed E-state index contributed by atoms with van der Waals surface area (Å²) in [5.41, 5.74) is 3.80. The van der Waals surface area contributed by atoms with Gasteiger partial charge in [-0.1, -0.05) is 12.1 Å². The lowest BCUT2D eigenvalue weighted by Gasteiger charge is -2.09. The Bertz CT molecular complexity index is 958. The smallest absolute Gasteiger partial charge is 0.256 e. The molecule has 158 valence electrons. The average molecular weight is 409 g/mol. The first-order chi connectivity index (χ1) is 14.5. The van der Waals surface area contributed by atoms with Crippen molar-refractivity contribution in [2.24, 2.45) is 0 Å². The van der Waals surface area contributed by atoms with Gasteiger partial charge in [0.2, 0.25) is 0 Å². The lowest BCUT2D eigenvalue weighted by atomic mass is 10.1. The third kappa shape index (κ3) is 5.84. The Morgan fingerprint density at radius 2 is 1.63 bits per heavy atom. The van der Waals surface area contributed by atoms with Crippen LogP contribution in [0.4, 0.5) is 5.82 Å². The molecule has 7 nitrogen and oxygen atoms in total. The van der Waals surface area contributed by atoms with Crippen molar-refractivity contribution < 1.29 is 14.3 Å². The third-order valence-electron chi connectivity index (χ3n) is 4.68. The number of carbonyl (C=O) groups is 1. The SMILES string of the molecule is COc1cc(CCc2cc(NC(=O)c3ccc(CN(C)C)cc3)n[nH]2)cc(OC)c1. The molecule has 3 aromatic rings. The highest BCUT2D eigenvalue weighted by Crippen LogP contribution is 2.23. The molecule has 0 spiro atoms. The topological polar surface area (TPSA) is 79.5 Å². The van der Waals surface area contributed by atoms with Gasteiger partial charge in [-0.25, -0.2) is 0 Å². The molecule has 0 aliphatic carbocycles. The summed E-state index contributed by atoms with van der Waals surface area (Å²) >= 11 is 0. The van der Waals surface area contributed by atoms with Crippen LogP contribution in [0, 0.1) is 0 Å². The van der Waals surface area contributed by atoms with Gasteiger partial charge in [-0.15, -0.1) is 0 Å². The summed E-state index contributed by atoms with van der Waals surface area (Å²) in [6.07, 6.45) is 1.54. The number of ether oxygens (including phenoxy) is 2. The lowest BCUT2D eigenvalue weighted by molar-refractivity contribution is 0.102. The van der Waals surface area contributed by atoms with Crippen LogP contribution in [0.15, 0.2) is 48.5 Å². The maximum Gasteiger partial charge on any atom is 0.256 e. The monoisotopic (exact) mass is 408 g/mol.